The molecular formula is C35H22N8O4Pt2-2. The van der Waals surface area contributed by atoms with Crippen molar-refractivity contribution in [2.45, 2.75) is 0 Å². The summed E-state index contributed by atoms with van der Waals surface area (Å²) in [6.07, 6.45) is 28.4. The van der Waals surface area contributed by atoms with E-state index in [-0.39, 0.29) is 42.1 Å². The molecule has 0 aliphatic rings. The van der Waals surface area contributed by atoms with Gasteiger partial charge in [0.05, 0.1) is 49.0 Å². The van der Waals surface area contributed by atoms with E-state index in [9.17, 15) is 0 Å². The first-order valence-corrected chi connectivity index (χ1v) is 14.5. The Labute approximate surface area is 306 Å². The second kappa shape index (κ2) is 12.7. The third kappa shape index (κ3) is 5.41. The van der Waals surface area contributed by atoms with Crippen LogP contribution in [0.15, 0.2) is 98.2 Å². The van der Waals surface area contributed by atoms with Crippen LogP contribution in [0.25, 0.3) is 78.0 Å². The zero-order valence-corrected chi connectivity index (χ0v) is 30.4. The number of nitrogens with zero attached hydrogens (tertiary/aromatic N) is 8. The van der Waals surface area contributed by atoms with Gasteiger partial charge in [0.2, 0.25) is 6.33 Å². The Morgan fingerprint density at radius 1 is 0.714 bits per heavy atom. The van der Waals surface area contributed by atoms with Gasteiger partial charge in [0.1, 0.15) is 11.6 Å². The largest absolute Gasteiger partial charge is 2.00 e. The van der Waals surface area contributed by atoms with Crippen LogP contribution >= 0.6 is 0 Å². The smallest absolute Gasteiger partial charge is 0.522 e. The predicted molar refractivity (Wildman–Crippen MR) is 168 cm³/mol. The summed E-state index contributed by atoms with van der Waals surface area (Å²) in [6.45, 7) is 0. The van der Waals surface area contributed by atoms with Crippen molar-refractivity contribution >= 4 is 43.5 Å². The van der Waals surface area contributed by atoms with Gasteiger partial charge >= 0.3 is 21.1 Å². The molecule has 0 N–H and O–H groups in total. The van der Waals surface area contributed by atoms with Gasteiger partial charge in [-0.2, -0.15) is 0 Å². The Hall–Kier alpha value is -5.18. The maximum atomic E-state index is 5.74. The Kier molecular flexibility index (Phi) is 8.38. The number of imidazole rings is 4. The second-order valence-electron chi connectivity index (χ2n) is 11.0. The van der Waals surface area contributed by atoms with E-state index in [2.05, 4.69) is 45.9 Å². The van der Waals surface area contributed by atoms with E-state index >= 15 is 0 Å². The number of aromatic nitrogens is 8. The SMILES string of the molecule is Cn1c[c-]nc1-c1occ2cc3occ(-n4[c-][n+](C)cc4)c3[c-]c12.Cn1ccnc1-c1occ2cc3occ(-n4[c-]ncc4)c3[c-]c12.[Pt+2].[Pt]. The fraction of sp³-hybridized carbons (Fsp3) is 0.0857. The second-order valence-corrected chi connectivity index (χ2v) is 11.0. The number of hydrogen-bond donors (Lipinski definition) is 0. The maximum Gasteiger partial charge on any atom is 2.00 e. The first-order valence-electron chi connectivity index (χ1n) is 14.5. The molecule has 0 fully saturated rings. The van der Waals surface area contributed by atoms with Crippen molar-refractivity contribution in [1.82, 2.24) is 33.2 Å². The molecule has 0 aliphatic carbocycles. The molecule has 0 bridgehead atoms. The van der Waals surface area contributed by atoms with Crippen LogP contribution in [0.4, 0.5) is 0 Å². The van der Waals surface area contributed by atoms with Gasteiger partial charge in [-0.25, -0.2) is 4.98 Å². The number of furan rings is 4. The van der Waals surface area contributed by atoms with Crippen molar-refractivity contribution in [2.75, 3.05) is 0 Å². The quantitative estimate of drug-likeness (QED) is 0.158. The topological polar surface area (TPSA) is 115 Å². The molecule has 0 unspecified atom stereocenters. The number of hydrogen-bond acceptors (Lipinski definition) is 7. The average Bonchev–Trinajstić information content (AvgIpc) is 3.91. The summed E-state index contributed by atoms with van der Waals surface area (Å²) >= 11 is 0. The molecule has 0 amide bonds. The molecule has 2 aromatic carbocycles. The third-order valence-electron chi connectivity index (χ3n) is 7.98. The van der Waals surface area contributed by atoms with Crippen molar-refractivity contribution in [3.8, 4) is 34.5 Å². The molecule has 14 heteroatoms. The van der Waals surface area contributed by atoms with Crippen LogP contribution in [-0.4, -0.2) is 33.2 Å². The number of rotatable bonds is 4. The molecule has 8 aromatic heterocycles. The van der Waals surface area contributed by atoms with Gasteiger partial charge < -0.3 is 50.5 Å². The van der Waals surface area contributed by atoms with E-state index < -0.39 is 0 Å². The maximum absolute atomic E-state index is 5.74. The molecule has 0 radical (unpaired) electrons. The first-order chi connectivity index (χ1) is 23.0. The summed E-state index contributed by atoms with van der Waals surface area (Å²) in [5.74, 6) is 2.83. The molecule has 10 aromatic rings. The summed E-state index contributed by atoms with van der Waals surface area (Å²) < 4.78 is 32.1. The van der Waals surface area contributed by atoms with Crippen LogP contribution in [0.3, 0.4) is 0 Å². The van der Waals surface area contributed by atoms with Crippen molar-refractivity contribution < 1.29 is 64.4 Å². The standard InChI is InChI=1S/C18H12N4O2.C17H10N4O2.2Pt/c1-20-5-6-22(11-20)15-10-23-16-7-12-9-24-17(13(12)8-14(15)16)18-19-3-4-21(18)2;1-20-4-3-19-17(20)16-12-7-13-14(21-5-2-18-10-21)9-22-15(13)6-11(12)8-23-16;;/h4-7,9-10H,1-2H3;2-6,8-9H,1H3;;/q2*-2;;+2. The Morgan fingerprint density at radius 2 is 1.37 bits per heavy atom. The molecule has 0 saturated carbocycles. The average molecular weight is 1010 g/mol. The zero-order valence-electron chi connectivity index (χ0n) is 25.8. The minimum atomic E-state index is 0. The van der Waals surface area contributed by atoms with Crippen LogP contribution in [0.2, 0.25) is 0 Å². The van der Waals surface area contributed by atoms with E-state index in [0.717, 1.165) is 60.7 Å². The van der Waals surface area contributed by atoms with Crippen LogP contribution in [-0.2, 0) is 63.3 Å². The fourth-order valence-electron chi connectivity index (χ4n) is 5.63. The minimum absolute atomic E-state index is 0. The molecule has 8 heterocycles. The van der Waals surface area contributed by atoms with Gasteiger partial charge in [-0.05, 0) is 23.6 Å². The summed E-state index contributed by atoms with van der Waals surface area (Å²) in [5, 5.41) is 5.30. The Balaban J connectivity index is 0.000000148. The van der Waals surface area contributed by atoms with E-state index in [4.69, 9.17) is 17.7 Å². The van der Waals surface area contributed by atoms with Crippen molar-refractivity contribution in [3.05, 3.63) is 112 Å². The predicted octanol–water partition coefficient (Wildman–Crippen LogP) is 5.96. The molecule has 248 valence electrons. The molecule has 10 rings (SSSR count). The van der Waals surface area contributed by atoms with E-state index in [1.165, 1.54) is 0 Å². The number of benzene rings is 2. The summed E-state index contributed by atoms with van der Waals surface area (Å²) in [7, 11) is 5.76. The van der Waals surface area contributed by atoms with Gasteiger partial charge in [-0.3, -0.25) is 0 Å². The summed E-state index contributed by atoms with van der Waals surface area (Å²) in [4.78, 5) is 12.6. The van der Waals surface area contributed by atoms with E-state index in [0.29, 0.717) is 17.3 Å². The van der Waals surface area contributed by atoms with Gasteiger partial charge in [0.15, 0.2) is 0 Å². The molecule has 0 aliphatic heterocycles. The fourth-order valence-corrected chi connectivity index (χ4v) is 5.63. The van der Waals surface area contributed by atoms with Gasteiger partial charge in [-0.15, -0.1) is 18.3 Å². The molecular weight excluding hydrogens is 987 g/mol. The Morgan fingerprint density at radius 3 is 1.90 bits per heavy atom. The van der Waals surface area contributed by atoms with Gasteiger partial charge in [0.25, 0.3) is 0 Å². The number of aryl methyl sites for hydroxylation is 3. The van der Waals surface area contributed by atoms with E-state index in [1.807, 2.05) is 76.3 Å². The number of fused-ring (bicyclic) bond motifs is 4. The van der Waals surface area contributed by atoms with Gasteiger partial charge in [0, 0.05) is 70.7 Å². The molecule has 0 spiro atoms. The van der Waals surface area contributed by atoms with Crippen molar-refractivity contribution in [1.29, 1.82) is 0 Å². The minimum Gasteiger partial charge on any atom is -0.522 e. The molecule has 0 atom stereocenters. The van der Waals surface area contributed by atoms with Crippen LogP contribution in [0.5, 0.6) is 0 Å². The summed E-state index contributed by atoms with van der Waals surface area (Å²) in [5.41, 5.74) is 3.21. The zero-order chi connectivity index (χ0) is 31.6. The monoisotopic (exact) mass is 1010 g/mol. The van der Waals surface area contributed by atoms with Gasteiger partial charge in [-0.1, -0.05) is 52.3 Å². The normalized spacial score (nSPS) is 11.2. The van der Waals surface area contributed by atoms with E-state index in [1.54, 1.807) is 48.2 Å². The van der Waals surface area contributed by atoms with Crippen LogP contribution in [0.1, 0.15) is 0 Å². The molecule has 0 saturated heterocycles. The Bertz CT molecular complexity index is 2700. The van der Waals surface area contributed by atoms with Crippen LogP contribution in [0, 0.1) is 31.0 Å². The summed E-state index contributed by atoms with van der Waals surface area (Å²) in [6, 6.07) is 10.7. The van der Waals surface area contributed by atoms with Crippen molar-refractivity contribution in [2.24, 2.45) is 21.1 Å². The van der Waals surface area contributed by atoms with Crippen molar-refractivity contribution in [3.63, 3.8) is 0 Å². The first kappa shape index (κ1) is 32.4. The molecule has 49 heavy (non-hydrogen) atoms. The third-order valence-corrected chi connectivity index (χ3v) is 7.98. The molecule has 12 nitrogen and oxygen atoms in total. The van der Waals surface area contributed by atoms with Crippen LogP contribution < -0.4 is 4.57 Å².